The van der Waals surface area contributed by atoms with Gasteiger partial charge in [-0.05, 0) is 33.1 Å². The van der Waals surface area contributed by atoms with E-state index >= 15 is 0 Å². The number of rotatable bonds is 4. The van der Waals surface area contributed by atoms with Crippen LogP contribution < -0.4 is 10.2 Å². The van der Waals surface area contributed by atoms with Crippen LogP contribution in [-0.4, -0.2) is 41.6 Å². The van der Waals surface area contributed by atoms with Gasteiger partial charge < -0.3 is 10.2 Å². The van der Waals surface area contributed by atoms with Gasteiger partial charge in [0, 0.05) is 36.6 Å². The molecule has 0 amide bonds. The van der Waals surface area contributed by atoms with Gasteiger partial charge in [0.05, 0.1) is 0 Å². The average Bonchev–Trinajstić information content (AvgIpc) is 2.41. The molecule has 0 aliphatic carbocycles. The first-order valence-electron chi connectivity index (χ1n) is 6.49. The van der Waals surface area contributed by atoms with E-state index in [1.807, 2.05) is 31.9 Å². The minimum atomic E-state index is 0.817. The van der Waals surface area contributed by atoms with Crippen LogP contribution >= 0.6 is 11.8 Å². The van der Waals surface area contributed by atoms with E-state index in [9.17, 15) is 0 Å². The molecule has 18 heavy (non-hydrogen) atoms. The minimum Gasteiger partial charge on any atom is -0.356 e. The number of piperidine rings is 1. The fourth-order valence-electron chi connectivity index (χ4n) is 2.38. The predicted molar refractivity (Wildman–Crippen MR) is 78.3 cm³/mol. The van der Waals surface area contributed by atoms with E-state index in [4.69, 9.17) is 0 Å². The third kappa shape index (κ3) is 3.14. The summed E-state index contributed by atoms with van der Waals surface area (Å²) in [4.78, 5) is 11.3. The summed E-state index contributed by atoms with van der Waals surface area (Å²) in [5, 5.41) is 4.01. The van der Waals surface area contributed by atoms with E-state index in [0.29, 0.717) is 0 Å². The molecular weight excluding hydrogens is 244 g/mol. The summed E-state index contributed by atoms with van der Waals surface area (Å²) >= 11 is 1.99. The summed E-state index contributed by atoms with van der Waals surface area (Å²) in [6.45, 7) is 5.01. The molecule has 1 fully saturated rings. The maximum Gasteiger partial charge on any atom is 0.136 e. The van der Waals surface area contributed by atoms with Crippen molar-refractivity contribution in [2.75, 3.05) is 31.3 Å². The van der Waals surface area contributed by atoms with Gasteiger partial charge in [0.15, 0.2) is 0 Å². The lowest BCUT2D eigenvalue weighted by molar-refractivity contribution is 0.582. The molecule has 0 aromatic carbocycles. The fourth-order valence-corrected chi connectivity index (χ4v) is 3.06. The highest BCUT2D eigenvalue weighted by molar-refractivity contribution is 7.99. The van der Waals surface area contributed by atoms with E-state index in [-0.39, 0.29) is 0 Å². The number of aromatic nitrogens is 2. The Morgan fingerprint density at radius 3 is 2.78 bits per heavy atom. The Kier molecular flexibility index (Phi) is 4.83. The first-order valence-corrected chi connectivity index (χ1v) is 7.78. The molecule has 2 heterocycles. The van der Waals surface area contributed by atoms with Crippen molar-refractivity contribution in [3.63, 3.8) is 0 Å². The van der Waals surface area contributed by atoms with Gasteiger partial charge in [-0.3, -0.25) is 0 Å². The lowest BCUT2D eigenvalue weighted by Gasteiger charge is -2.33. The van der Waals surface area contributed by atoms with Crippen LogP contribution in [0.4, 0.5) is 5.82 Å². The normalized spacial score (nSPS) is 17.2. The maximum atomic E-state index is 4.63. The summed E-state index contributed by atoms with van der Waals surface area (Å²) in [6.07, 6.45) is 6.67. The van der Waals surface area contributed by atoms with E-state index in [1.54, 1.807) is 0 Å². The van der Waals surface area contributed by atoms with Crippen LogP contribution in [0, 0.1) is 6.92 Å². The number of thioether (sulfide) groups is 1. The largest absolute Gasteiger partial charge is 0.356 e. The second-order valence-electron chi connectivity index (χ2n) is 4.72. The number of nitrogens with one attached hydrogen (secondary N) is 1. The highest BCUT2D eigenvalue weighted by Crippen LogP contribution is 2.26. The Bertz CT molecular complexity index is 389. The van der Waals surface area contributed by atoms with Gasteiger partial charge >= 0.3 is 0 Å². The fraction of sp³-hybridized carbons (Fsp3) is 0.692. The zero-order valence-electron chi connectivity index (χ0n) is 11.4. The van der Waals surface area contributed by atoms with Crippen molar-refractivity contribution < 1.29 is 0 Å². The SMILES string of the molecule is CNCc1cnc(C)nc1N1CCC(SC)CC1. The van der Waals surface area contributed by atoms with Crippen LogP contribution in [0.15, 0.2) is 6.20 Å². The zero-order chi connectivity index (χ0) is 13.0. The molecule has 2 rings (SSSR count). The third-order valence-corrected chi connectivity index (χ3v) is 4.54. The van der Waals surface area contributed by atoms with Crippen molar-refractivity contribution in [1.82, 2.24) is 15.3 Å². The van der Waals surface area contributed by atoms with E-state index < -0.39 is 0 Å². The number of nitrogens with zero attached hydrogens (tertiary/aromatic N) is 3. The van der Waals surface area contributed by atoms with Gasteiger partial charge in [-0.2, -0.15) is 11.8 Å². The second kappa shape index (κ2) is 6.38. The van der Waals surface area contributed by atoms with Crippen LogP contribution in [0.2, 0.25) is 0 Å². The molecule has 1 aliphatic heterocycles. The predicted octanol–water partition coefficient (Wildman–Crippen LogP) is 1.84. The number of hydrogen-bond donors (Lipinski definition) is 1. The lowest BCUT2D eigenvalue weighted by Crippen LogP contribution is -2.36. The molecule has 5 heteroatoms. The molecule has 1 aromatic heterocycles. The Balaban J connectivity index is 2.14. The van der Waals surface area contributed by atoms with Crippen LogP contribution in [0.1, 0.15) is 24.2 Å². The molecular formula is C13H22N4S. The van der Waals surface area contributed by atoms with Crippen molar-refractivity contribution in [2.24, 2.45) is 0 Å². The van der Waals surface area contributed by atoms with Crippen molar-refractivity contribution >= 4 is 17.6 Å². The summed E-state index contributed by atoms with van der Waals surface area (Å²) in [5.74, 6) is 1.98. The topological polar surface area (TPSA) is 41.1 Å². The highest BCUT2D eigenvalue weighted by atomic mass is 32.2. The van der Waals surface area contributed by atoms with Crippen molar-refractivity contribution in [2.45, 2.75) is 31.6 Å². The molecule has 100 valence electrons. The van der Waals surface area contributed by atoms with E-state index in [0.717, 1.165) is 36.5 Å². The second-order valence-corrected chi connectivity index (χ2v) is 5.86. The Morgan fingerprint density at radius 1 is 1.44 bits per heavy atom. The molecule has 0 unspecified atom stereocenters. The number of anilines is 1. The van der Waals surface area contributed by atoms with E-state index in [2.05, 4.69) is 26.4 Å². The highest BCUT2D eigenvalue weighted by Gasteiger charge is 2.21. The summed E-state index contributed by atoms with van der Waals surface area (Å²) < 4.78 is 0. The standard InChI is InChI=1S/C13H22N4S/c1-10-15-9-11(8-14-2)13(16-10)17-6-4-12(18-3)5-7-17/h9,12,14H,4-8H2,1-3H3. The maximum absolute atomic E-state index is 4.63. The molecule has 1 aromatic rings. The molecule has 0 atom stereocenters. The monoisotopic (exact) mass is 266 g/mol. The van der Waals surface area contributed by atoms with Crippen molar-refractivity contribution in [1.29, 1.82) is 0 Å². The van der Waals surface area contributed by atoms with Gasteiger partial charge in [-0.15, -0.1) is 0 Å². The van der Waals surface area contributed by atoms with Crippen LogP contribution in [0.5, 0.6) is 0 Å². The molecule has 1 saturated heterocycles. The molecule has 0 spiro atoms. The first kappa shape index (κ1) is 13.6. The van der Waals surface area contributed by atoms with Crippen LogP contribution in [-0.2, 0) is 6.54 Å². The van der Waals surface area contributed by atoms with E-state index in [1.165, 1.54) is 18.4 Å². The number of hydrogen-bond acceptors (Lipinski definition) is 5. The average molecular weight is 266 g/mol. The van der Waals surface area contributed by atoms with Crippen LogP contribution in [0.25, 0.3) is 0 Å². The number of aryl methyl sites for hydroxylation is 1. The molecule has 0 radical (unpaired) electrons. The minimum absolute atomic E-state index is 0.817. The smallest absolute Gasteiger partial charge is 0.136 e. The van der Waals surface area contributed by atoms with Crippen molar-refractivity contribution in [3.05, 3.63) is 17.6 Å². The van der Waals surface area contributed by atoms with Gasteiger partial charge in [-0.1, -0.05) is 0 Å². The van der Waals surface area contributed by atoms with Gasteiger partial charge in [-0.25, -0.2) is 9.97 Å². The quantitative estimate of drug-likeness (QED) is 0.900. The molecule has 1 N–H and O–H groups in total. The molecule has 0 saturated carbocycles. The van der Waals surface area contributed by atoms with Gasteiger partial charge in [0.25, 0.3) is 0 Å². The van der Waals surface area contributed by atoms with Gasteiger partial charge in [0.1, 0.15) is 11.6 Å². The summed E-state index contributed by atoms with van der Waals surface area (Å²) in [7, 11) is 1.96. The first-order chi connectivity index (χ1) is 8.74. The molecule has 1 aliphatic rings. The van der Waals surface area contributed by atoms with Gasteiger partial charge in [0.2, 0.25) is 0 Å². The Labute approximate surface area is 114 Å². The molecule has 0 bridgehead atoms. The summed E-state index contributed by atoms with van der Waals surface area (Å²) in [6, 6.07) is 0. The summed E-state index contributed by atoms with van der Waals surface area (Å²) in [5.41, 5.74) is 1.20. The Morgan fingerprint density at radius 2 is 2.17 bits per heavy atom. The third-order valence-electron chi connectivity index (χ3n) is 3.40. The zero-order valence-corrected chi connectivity index (χ0v) is 12.3. The van der Waals surface area contributed by atoms with Crippen LogP contribution in [0.3, 0.4) is 0 Å². The lowest BCUT2D eigenvalue weighted by atomic mass is 10.1. The van der Waals surface area contributed by atoms with Crippen molar-refractivity contribution in [3.8, 4) is 0 Å². The molecule has 4 nitrogen and oxygen atoms in total. The Hall–Kier alpha value is -0.810.